The van der Waals surface area contributed by atoms with Gasteiger partial charge in [-0.3, -0.25) is 4.90 Å². The molecule has 0 radical (unpaired) electrons. The van der Waals surface area contributed by atoms with E-state index in [-0.39, 0.29) is 0 Å². The Kier molecular flexibility index (Phi) is 6.74. The van der Waals surface area contributed by atoms with E-state index in [9.17, 15) is 14.7 Å². The second kappa shape index (κ2) is 8.06. The molecule has 0 unspecified atom stereocenters. The van der Waals surface area contributed by atoms with E-state index < -0.39 is 17.5 Å². The van der Waals surface area contributed by atoms with Gasteiger partial charge in [-0.15, -0.1) is 0 Å². The summed E-state index contributed by atoms with van der Waals surface area (Å²) in [7, 11) is 0. The predicted octanol–water partition coefficient (Wildman–Crippen LogP) is 0.261. The molecule has 0 aliphatic carbocycles. The van der Waals surface area contributed by atoms with E-state index in [1.807, 2.05) is 0 Å². The lowest BCUT2D eigenvalue weighted by atomic mass is 9.93. The zero-order valence-corrected chi connectivity index (χ0v) is 12.3. The zero-order valence-electron chi connectivity index (χ0n) is 12.3. The van der Waals surface area contributed by atoms with Crippen molar-refractivity contribution in [2.75, 3.05) is 39.4 Å². The molecule has 1 aliphatic rings. The van der Waals surface area contributed by atoms with Gasteiger partial charge in [0.05, 0.1) is 13.2 Å². The van der Waals surface area contributed by atoms with Gasteiger partial charge in [-0.05, 0) is 12.8 Å². The minimum absolute atomic E-state index is 0.357. The van der Waals surface area contributed by atoms with Crippen molar-refractivity contribution >= 4 is 12.0 Å². The summed E-state index contributed by atoms with van der Waals surface area (Å²) in [5, 5.41) is 14.5. The van der Waals surface area contributed by atoms with Gasteiger partial charge in [0.1, 0.15) is 5.54 Å². The predicted molar refractivity (Wildman–Crippen MR) is 74.7 cm³/mol. The van der Waals surface area contributed by atoms with Crippen molar-refractivity contribution in [2.45, 2.75) is 32.2 Å². The van der Waals surface area contributed by atoms with E-state index in [2.05, 4.69) is 15.5 Å². The van der Waals surface area contributed by atoms with E-state index in [0.717, 1.165) is 32.8 Å². The van der Waals surface area contributed by atoms with E-state index in [4.69, 9.17) is 4.74 Å². The monoisotopic (exact) mass is 287 g/mol. The highest BCUT2D eigenvalue weighted by Gasteiger charge is 2.36. The second-order valence-electron chi connectivity index (χ2n) is 4.93. The van der Waals surface area contributed by atoms with Crippen molar-refractivity contribution in [1.82, 2.24) is 15.5 Å². The average Bonchev–Trinajstić information content (AvgIpc) is 2.45. The minimum Gasteiger partial charge on any atom is -0.480 e. The summed E-state index contributed by atoms with van der Waals surface area (Å²) in [6.07, 6.45) is 0.714. The number of hydrogen-bond acceptors (Lipinski definition) is 4. The molecule has 2 amide bonds. The van der Waals surface area contributed by atoms with Crippen LogP contribution in [0.15, 0.2) is 0 Å². The van der Waals surface area contributed by atoms with Gasteiger partial charge >= 0.3 is 12.0 Å². The molecule has 0 atom stereocenters. The molecule has 1 saturated heterocycles. The SMILES string of the molecule is CCC(CC)(NC(=O)NCCN1CCOCC1)C(=O)O. The first-order chi connectivity index (χ1) is 9.54. The number of nitrogens with zero attached hydrogens (tertiary/aromatic N) is 1. The van der Waals surface area contributed by atoms with Crippen molar-refractivity contribution in [2.24, 2.45) is 0 Å². The standard InChI is InChI=1S/C13H25N3O4/c1-3-13(4-2,11(17)18)15-12(19)14-5-6-16-7-9-20-10-8-16/h3-10H2,1-2H3,(H,17,18)(H2,14,15,19). The third-order valence-corrected chi connectivity index (χ3v) is 3.79. The molecule has 1 rings (SSSR count). The fourth-order valence-electron chi connectivity index (χ4n) is 2.20. The molecule has 0 spiro atoms. The number of hydrogen-bond donors (Lipinski definition) is 3. The lowest BCUT2D eigenvalue weighted by Crippen LogP contribution is -2.57. The van der Waals surface area contributed by atoms with Crippen LogP contribution in [0.5, 0.6) is 0 Å². The van der Waals surface area contributed by atoms with E-state index in [0.29, 0.717) is 19.4 Å². The van der Waals surface area contributed by atoms with Gasteiger partial charge in [0.25, 0.3) is 0 Å². The maximum atomic E-state index is 11.8. The lowest BCUT2D eigenvalue weighted by molar-refractivity contribution is -0.144. The van der Waals surface area contributed by atoms with Crippen LogP contribution < -0.4 is 10.6 Å². The van der Waals surface area contributed by atoms with Crippen LogP contribution >= 0.6 is 0 Å². The molecule has 1 aliphatic heterocycles. The van der Waals surface area contributed by atoms with Crippen molar-refractivity contribution in [1.29, 1.82) is 0 Å². The van der Waals surface area contributed by atoms with Gasteiger partial charge < -0.3 is 20.5 Å². The highest BCUT2D eigenvalue weighted by molar-refractivity contribution is 5.86. The van der Waals surface area contributed by atoms with Crippen molar-refractivity contribution < 1.29 is 19.4 Å². The highest BCUT2D eigenvalue weighted by atomic mass is 16.5. The molecular weight excluding hydrogens is 262 g/mol. The van der Waals surface area contributed by atoms with Gasteiger partial charge in [-0.25, -0.2) is 9.59 Å². The first-order valence-corrected chi connectivity index (χ1v) is 7.13. The smallest absolute Gasteiger partial charge is 0.329 e. The third-order valence-electron chi connectivity index (χ3n) is 3.79. The summed E-state index contributed by atoms with van der Waals surface area (Å²) < 4.78 is 5.24. The number of nitrogens with one attached hydrogen (secondary N) is 2. The number of carboxylic acid groups (broad SMARTS) is 1. The van der Waals surface area contributed by atoms with Crippen LogP contribution in [0.2, 0.25) is 0 Å². The summed E-state index contributed by atoms with van der Waals surface area (Å²) in [5.41, 5.74) is -1.18. The van der Waals surface area contributed by atoms with Crippen molar-refractivity contribution in [3.8, 4) is 0 Å². The van der Waals surface area contributed by atoms with E-state index in [1.165, 1.54) is 0 Å². The van der Waals surface area contributed by atoms with Crippen molar-refractivity contribution in [3.63, 3.8) is 0 Å². The van der Waals surface area contributed by atoms with Crippen molar-refractivity contribution in [3.05, 3.63) is 0 Å². The summed E-state index contributed by atoms with van der Waals surface area (Å²) in [4.78, 5) is 25.3. The molecule has 116 valence electrons. The molecule has 20 heavy (non-hydrogen) atoms. The molecule has 0 aromatic rings. The van der Waals surface area contributed by atoms with Gasteiger partial charge in [0.2, 0.25) is 0 Å². The maximum absolute atomic E-state index is 11.8. The Bertz CT molecular complexity index is 326. The van der Waals surface area contributed by atoms with Crippen LogP contribution in [0.3, 0.4) is 0 Å². The number of urea groups is 1. The normalized spacial score (nSPS) is 16.7. The Morgan fingerprint density at radius 1 is 1.25 bits per heavy atom. The Hall–Kier alpha value is -1.34. The number of ether oxygens (including phenoxy) is 1. The quantitative estimate of drug-likeness (QED) is 0.625. The second-order valence-corrected chi connectivity index (χ2v) is 4.93. The number of carbonyl (C=O) groups excluding carboxylic acids is 1. The molecule has 0 saturated carbocycles. The molecular formula is C13H25N3O4. The Morgan fingerprint density at radius 2 is 1.85 bits per heavy atom. The summed E-state index contributed by atoms with van der Waals surface area (Å²) >= 11 is 0. The number of carboxylic acids is 1. The van der Waals surface area contributed by atoms with Crippen LogP contribution in [0.4, 0.5) is 4.79 Å². The third kappa shape index (κ3) is 4.64. The minimum atomic E-state index is -1.18. The maximum Gasteiger partial charge on any atom is 0.329 e. The van der Waals surface area contributed by atoms with E-state index in [1.54, 1.807) is 13.8 Å². The molecule has 0 aromatic carbocycles. The summed E-state index contributed by atoms with van der Waals surface area (Å²) in [5.74, 6) is -0.995. The number of rotatable bonds is 7. The van der Waals surface area contributed by atoms with Gasteiger partial charge in [0.15, 0.2) is 0 Å². The van der Waals surface area contributed by atoms with E-state index >= 15 is 0 Å². The molecule has 0 aromatic heterocycles. The number of aliphatic carboxylic acids is 1. The van der Waals surface area contributed by atoms with Crippen LogP contribution in [0.1, 0.15) is 26.7 Å². The number of carbonyl (C=O) groups is 2. The first kappa shape index (κ1) is 16.7. The highest BCUT2D eigenvalue weighted by Crippen LogP contribution is 2.15. The van der Waals surface area contributed by atoms with Crippen LogP contribution in [0.25, 0.3) is 0 Å². The largest absolute Gasteiger partial charge is 0.480 e. The summed E-state index contributed by atoms with van der Waals surface area (Å²) in [6.45, 7) is 7.93. The molecule has 1 fully saturated rings. The molecule has 7 nitrogen and oxygen atoms in total. The summed E-state index contributed by atoms with van der Waals surface area (Å²) in [6, 6.07) is -0.427. The fraction of sp³-hybridized carbons (Fsp3) is 0.846. The van der Waals surface area contributed by atoms with Gasteiger partial charge in [0, 0.05) is 26.2 Å². The van der Waals surface area contributed by atoms with Crippen LogP contribution in [0, 0.1) is 0 Å². The molecule has 0 bridgehead atoms. The Labute approximate surface area is 119 Å². The van der Waals surface area contributed by atoms with Crippen LogP contribution in [-0.2, 0) is 9.53 Å². The van der Waals surface area contributed by atoms with Crippen LogP contribution in [-0.4, -0.2) is 66.9 Å². The number of amides is 2. The Morgan fingerprint density at radius 3 is 2.35 bits per heavy atom. The number of morpholine rings is 1. The first-order valence-electron chi connectivity index (χ1n) is 7.13. The van der Waals surface area contributed by atoms with Gasteiger partial charge in [-0.2, -0.15) is 0 Å². The zero-order chi connectivity index (χ0) is 15.0. The molecule has 7 heteroatoms. The molecule has 1 heterocycles. The molecule has 3 N–H and O–H groups in total. The van der Waals surface area contributed by atoms with Gasteiger partial charge in [-0.1, -0.05) is 13.8 Å². The fourth-order valence-corrected chi connectivity index (χ4v) is 2.20. The Balaban J connectivity index is 2.32. The topological polar surface area (TPSA) is 90.9 Å². The lowest BCUT2D eigenvalue weighted by Gasteiger charge is -2.29. The average molecular weight is 287 g/mol.